The van der Waals surface area contributed by atoms with Gasteiger partial charge in [0, 0.05) is 34.1 Å². The molecule has 3 heteroatoms. The van der Waals surface area contributed by atoms with Gasteiger partial charge in [-0.15, -0.1) is 0 Å². The molecule has 2 nitrogen and oxygen atoms in total. The fraction of sp³-hybridized carbons (Fsp3) is 0.388. The fourth-order valence-electron chi connectivity index (χ4n) is 8.27. The Bertz CT molecular complexity index is 2070. The average molecular weight is 687 g/mol. The molecule has 2 aliphatic rings. The van der Waals surface area contributed by atoms with E-state index in [0.717, 1.165) is 0 Å². The number of aryl methyl sites for hydroxylation is 3. The van der Waals surface area contributed by atoms with Gasteiger partial charge in [0.1, 0.15) is 0 Å². The van der Waals surface area contributed by atoms with Gasteiger partial charge in [-0.25, -0.2) is 0 Å². The van der Waals surface area contributed by atoms with Crippen molar-refractivity contribution in [3.8, 4) is 0 Å². The molecule has 268 valence electrons. The first-order chi connectivity index (χ1) is 24.0. The van der Waals surface area contributed by atoms with E-state index in [-0.39, 0.29) is 28.4 Å². The van der Waals surface area contributed by atoms with Crippen LogP contribution in [0.4, 0.5) is 34.1 Å². The molecular weight excluding hydrogens is 627 g/mol. The quantitative estimate of drug-likeness (QED) is 0.167. The van der Waals surface area contributed by atoms with Gasteiger partial charge in [0.05, 0.1) is 0 Å². The highest BCUT2D eigenvalue weighted by molar-refractivity contribution is 7.00. The number of hydrogen-bond acceptors (Lipinski definition) is 2. The van der Waals surface area contributed by atoms with Crippen LogP contribution in [0.25, 0.3) is 0 Å². The zero-order chi connectivity index (χ0) is 37.9. The van der Waals surface area contributed by atoms with Crippen LogP contribution in [0.15, 0.2) is 84.9 Å². The first-order valence-corrected chi connectivity index (χ1v) is 19.3. The van der Waals surface area contributed by atoms with Gasteiger partial charge in [-0.05, 0) is 146 Å². The van der Waals surface area contributed by atoms with Gasteiger partial charge >= 0.3 is 0 Å². The molecule has 5 aromatic carbocycles. The van der Waals surface area contributed by atoms with E-state index in [1.807, 2.05) is 0 Å². The minimum absolute atomic E-state index is 0.0146. The predicted octanol–water partition coefficient (Wildman–Crippen LogP) is 11.9. The SMILES string of the molecule is Cc1cc(N2c3cc(C(C)(C)C)ccc3B3c4ccc(C(C)(C)C)cc4N(c4cc(C)cc(C(C)(C)C)c4)c4cc(C)cc2c43)cc(C(C)(C)C)c1. The summed E-state index contributed by atoms with van der Waals surface area (Å²) in [7, 11) is 0. The fourth-order valence-corrected chi connectivity index (χ4v) is 8.27. The average Bonchev–Trinajstić information content (AvgIpc) is 3.01. The first-order valence-electron chi connectivity index (χ1n) is 19.3. The Hall–Kier alpha value is -4.24. The van der Waals surface area contributed by atoms with Crippen molar-refractivity contribution in [2.75, 3.05) is 9.80 Å². The van der Waals surface area contributed by atoms with Crippen molar-refractivity contribution in [1.82, 2.24) is 0 Å². The highest BCUT2D eigenvalue weighted by atomic mass is 15.2. The molecule has 5 aromatic rings. The maximum absolute atomic E-state index is 2.60. The topological polar surface area (TPSA) is 6.48 Å². The Labute approximate surface area is 315 Å². The lowest BCUT2D eigenvalue weighted by Gasteiger charge is -2.45. The molecule has 0 bridgehead atoms. The summed E-state index contributed by atoms with van der Waals surface area (Å²) < 4.78 is 0. The van der Waals surface area contributed by atoms with Crippen LogP contribution in [-0.4, -0.2) is 6.71 Å². The smallest absolute Gasteiger partial charge is 0.252 e. The summed E-state index contributed by atoms with van der Waals surface area (Å²) in [5, 5.41) is 0. The molecule has 52 heavy (non-hydrogen) atoms. The van der Waals surface area contributed by atoms with Crippen LogP contribution in [0.5, 0.6) is 0 Å². The van der Waals surface area contributed by atoms with E-state index >= 15 is 0 Å². The molecule has 0 N–H and O–H groups in total. The molecule has 7 rings (SSSR count). The van der Waals surface area contributed by atoms with Gasteiger partial charge in [0.25, 0.3) is 6.71 Å². The van der Waals surface area contributed by atoms with E-state index in [1.54, 1.807) is 0 Å². The lowest BCUT2D eigenvalue weighted by Crippen LogP contribution is -2.61. The summed E-state index contributed by atoms with van der Waals surface area (Å²) >= 11 is 0. The van der Waals surface area contributed by atoms with E-state index < -0.39 is 0 Å². The van der Waals surface area contributed by atoms with Crippen molar-refractivity contribution in [3.63, 3.8) is 0 Å². The van der Waals surface area contributed by atoms with E-state index in [9.17, 15) is 0 Å². The van der Waals surface area contributed by atoms with Gasteiger partial charge in [0.2, 0.25) is 0 Å². The summed E-state index contributed by atoms with van der Waals surface area (Å²) in [6.07, 6.45) is 0. The van der Waals surface area contributed by atoms with Crippen molar-refractivity contribution in [3.05, 3.63) is 124 Å². The van der Waals surface area contributed by atoms with Crippen LogP contribution < -0.4 is 26.2 Å². The monoisotopic (exact) mass is 686 g/mol. The molecule has 0 spiro atoms. The second kappa shape index (κ2) is 11.9. The van der Waals surface area contributed by atoms with Crippen LogP contribution in [0.1, 0.15) is 122 Å². The van der Waals surface area contributed by atoms with Crippen LogP contribution >= 0.6 is 0 Å². The lowest BCUT2D eigenvalue weighted by atomic mass is 9.33. The molecule has 0 unspecified atom stereocenters. The summed E-state index contributed by atoms with van der Waals surface area (Å²) in [4.78, 5) is 5.19. The van der Waals surface area contributed by atoms with Crippen LogP contribution in [-0.2, 0) is 21.7 Å². The third-order valence-electron chi connectivity index (χ3n) is 11.3. The lowest BCUT2D eigenvalue weighted by molar-refractivity contribution is 0.589. The van der Waals surface area contributed by atoms with Gasteiger partial charge < -0.3 is 9.80 Å². The van der Waals surface area contributed by atoms with Crippen LogP contribution in [0.3, 0.4) is 0 Å². The largest absolute Gasteiger partial charge is 0.311 e. The Morgan fingerprint density at radius 1 is 0.365 bits per heavy atom. The molecule has 0 amide bonds. The zero-order valence-electron chi connectivity index (χ0n) is 34.6. The number of nitrogens with zero attached hydrogens (tertiary/aromatic N) is 2. The number of hydrogen-bond donors (Lipinski definition) is 0. The number of fused-ring (bicyclic) bond motifs is 4. The number of rotatable bonds is 2. The molecule has 0 saturated heterocycles. The Morgan fingerprint density at radius 3 is 1.06 bits per heavy atom. The molecule has 0 atom stereocenters. The molecule has 2 aliphatic heterocycles. The van der Waals surface area contributed by atoms with Crippen molar-refractivity contribution in [1.29, 1.82) is 0 Å². The van der Waals surface area contributed by atoms with E-state index in [2.05, 4.69) is 199 Å². The molecule has 0 aliphatic carbocycles. The Morgan fingerprint density at radius 2 is 0.712 bits per heavy atom. The predicted molar refractivity (Wildman–Crippen MR) is 229 cm³/mol. The first kappa shape index (κ1) is 36.1. The van der Waals surface area contributed by atoms with Gasteiger partial charge in [-0.2, -0.15) is 0 Å². The molecule has 0 saturated carbocycles. The van der Waals surface area contributed by atoms with Crippen molar-refractivity contribution in [2.24, 2.45) is 0 Å². The molecule has 0 fully saturated rings. The normalized spacial score (nSPS) is 14.3. The van der Waals surface area contributed by atoms with Gasteiger partial charge in [0.15, 0.2) is 0 Å². The van der Waals surface area contributed by atoms with Crippen molar-refractivity contribution >= 4 is 57.2 Å². The van der Waals surface area contributed by atoms with E-state index in [0.29, 0.717) is 0 Å². The number of benzene rings is 5. The minimum Gasteiger partial charge on any atom is -0.311 e. The third-order valence-corrected chi connectivity index (χ3v) is 11.3. The zero-order valence-corrected chi connectivity index (χ0v) is 34.6. The summed E-state index contributed by atoms with van der Waals surface area (Å²) in [6, 6.07) is 33.9. The maximum atomic E-state index is 2.60. The molecule has 0 radical (unpaired) electrons. The van der Waals surface area contributed by atoms with Gasteiger partial charge in [-0.1, -0.05) is 119 Å². The number of anilines is 6. The maximum Gasteiger partial charge on any atom is 0.252 e. The second-order valence-corrected chi connectivity index (χ2v) is 20.0. The van der Waals surface area contributed by atoms with E-state index in [1.165, 1.54) is 89.5 Å². The van der Waals surface area contributed by atoms with Gasteiger partial charge in [-0.3, -0.25) is 0 Å². The van der Waals surface area contributed by atoms with Crippen LogP contribution in [0, 0.1) is 20.8 Å². The molecular formula is C49H59BN2. The van der Waals surface area contributed by atoms with Crippen molar-refractivity contribution < 1.29 is 0 Å². The summed E-state index contributed by atoms with van der Waals surface area (Å²) in [6.45, 7) is 34.8. The van der Waals surface area contributed by atoms with Crippen molar-refractivity contribution in [2.45, 2.75) is 126 Å². The summed E-state index contributed by atoms with van der Waals surface area (Å²) in [5.74, 6) is 0. The Kier molecular flexibility index (Phi) is 8.26. The molecule has 0 aromatic heterocycles. The highest BCUT2D eigenvalue weighted by Gasteiger charge is 2.44. The third kappa shape index (κ3) is 6.19. The second-order valence-electron chi connectivity index (χ2n) is 20.0. The summed E-state index contributed by atoms with van der Waals surface area (Å²) in [5.41, 5.74) is 21.1. The molecule has 2 heterocycles. The van der Waals surface area contributed by atoms with Crippen LogP contribution in [0.2, 0.25) is 0 Å². The highest BCUT2D eigenvalue weighted by Crippen LogP contribution is 2.47. The Balaban J connectivity index is 1.62. The standard InChI is InChI=1S/C49H59BN2/c1-30-20-35(48(10,11)12)26-37(22-30)51-41-28-33(46(4,5)6)16-18-39(41)50-40-19-17-34(47(7,8)9)29-42(40)52(44-25-32(3)24-43(51)45(44)50)38-23-31(2)21-36(27-38)49(13,14)15/h16-29H,1-15H3. The van der Waals surface area contributed by atoms with E-state index in [4.69, 9.17) is 0 Å². The minimum atomic E-state index is 0.0146.